The summed E-state index contributed by atoms with van der Waals surface area (Å²) < 4.78 is 5.63. The van der Waals surface area contributed by atoms with Crippen molar-refractivity contribution in [2.24, 2.45) is 16.3 Å². The second-order valence-corrected chi connectivity index (χ2v) is 6.43. The molecule has 2 rings (SSSR count). The number of nitrogens with zero attached hydrogens (tertiary/aromatic N) is 1. The monoisotopic (exact) mass is 409 g/mol. The van der Waals surface area contributed by atoms with Crippen LogP contribution in [0.2, 0.25) is 0 Å². The van der Waals surface area contributed by atoms with Crippen LogP contribution in [0, 0.1) is 11.3 Å². The maximum atomic E-state index is 5.63. The fraction of sp³-hybridized carbons (Fsp3) is 0.938. The number of halogens is 1. The molecule has 0 atom stereocenters. The van der Waals surface area contributed by atoms with Crippen molar-refractivity contribution in [3.05, 3.63) is 0 Å². The molecular formula is C16H32IN3O. The van der Waals surface area contributed by atoms with Crippen LogP contribution in [0.4, 0.5) is 0 Å². The molecule has 0 aliphatic heterocycles. The molecule has 2 N–H and O–H groups in total. The van der Waals surface area contributed by atoms with Crippen LogP contribution in [-0.4, -0.2) is 39.3 Å². The van der Waals surface area contributed by atoms with Gasteiger partial charge in [-0.15, -0.1) is 24.0 Å². The van der Waals surface area contributed by atoms with Gasteiger partial charge in [-0.3, -0.25) is 4.99 Å². The van der Waals surface area contributed by atoms with E-state index in [2.05, 4.69) is 22.5 Å². The van der Waals surface area contributed by atoms with E-state index >= 15 is 0 Å². The molecule has 21 heavy (non-hydrogen) atoms. The fourth-order valence-electron chi connectivity index (χ4n) is 2.74. The van der Waals surface area contributed by atoms with Crippen molar-refractivity contribution in [2.45, 2.75) is 51.9 Å². The van der Waals surface area contributed by atoms with Crippen molar-refractivity contribution in [2.75, 3.05) is 33.4 Å². The summed E-state index contributed by atoms with van der Waals surface area (Å²) in [6.07, 6.45) is 9.17. The van der Waals surface area contributed by atoms with Crippen molar-refractivity contribution < 1.29 is 4.74 Å². The number of hydrogen-bond acceptors (Lipinski definition) is 2. The zero-order valence-electron chi connectivity index (χ0n) is 13.6. The lowest BCUT2D eigenvalue weighted by atomic mass is 9.67. The minimum Gasteiger partial charge on any atom is -0.381 e. The lowest BCUT2D eigenvalue weighted by Crippen LogP contribution is -2.46. The highest BCUT2D eigenvalue weighted by Gasteiger charge is 2.34. The van der Waals surface area contributed by atoms with E-state index in [4.69, 9.17) is 4.74 Å². The number of nitrogens with one attached hydrogen (secondary N) is 2. The average Bonchev–Trinajstić information content (AvgIpc) is 3.23. The zero-order valence-corrected chi connectivity index (χ0v) is 15.9. The molecule has 0 spiro atoms. The molecule has 2 saturated carbocycles. The molecule has 4 nitrogen and oxygen atoms in total. The lowest BCUT2D eigenvalue weighted by molar-refractivity contribution is 0.122. The van der Waals surface area contributed by atoms with Crippen molar-refractivity contribution in [3.63, 3.8) is 0 Å². The van der Waals surface area contributed by atoms with Gasteiger partial charge in [0.2, 0.25) is 0 Å². The molecule has 0 aromatic rings. The summed E-state index contributed by atoms with van der Waals surface area (Å²) in [4.78, 5) is 4.29. The minimum atomic E-state index is 0. The van der Waals surface area contributed by atoms with Crippen molar-refractivity contribution in [1.82, 2.24) is 10.6 Å². The summed E-state index contributed by atoms with van der Waals surface area (Å²) in [5.41, 5.74) is 0.533. The fourth-order valence-corrected chi connectivity index (χ4v) is 2.74. The van der Waals surface area contributed by atoms with Gasteiger partial charge in [0.05, 0.1) is 0 Å². The van der Waals surface area contributed by atoms with E-state index < -0.39 is 0 Å². The third kappa shape index (κ3) is 6.72. The second kappa shape index (κ2) is 9.87. The molecule has 2 aliphatic carbocycles. The van der Waals surface area contributed by atoms with Gasteiger partial charge in [-0.2, -0.15) is 0 Å². The van der Waals surface area contributed by atoms with E-state index in [1.165, 1.54) is 38.5 Å². The molecule has 2 fully saturated rings. The van der Waals surface area contributed by atoms with E-state index in [-0.39, 0.29) is 24.0 Å². The number of ether oxygens (including phenoxy) is 1. The highest BCUT2D eigenvalue weighted by molar-refractivity contribution is 14.0. The van der Waals surface area contributed by atoms with Crippen LogP contribution in [0.25, 0.3) is 0 Å². The van der Waals surface area contributed by atoms with Gasteiger partial charge < -0.3 is 15.4 Å². The lowest BCUT2D eigenvalue weighted by Gasteiger charge is -2.41. The quantitative estimate of drug-likeness (QED) is 0.266. The highest BCUT2D eigenvalue weighted by Crippen LogP contribution is 2.42. The first-order valence-electron chi connectivity index (χ1n) is 8.30. The van der Waals surface area contributed by atoms with Crippen molar-refractivity contribution >= 4 is 29.9 Å². The second-order valence-electron chi connectivity index (χ2n) is 6.43. The van der Waals surface area contributed by atoms with Gasteiger partial charge in [0, 0.05) is 33.4 Å². The van der Waals surface area contributed by atoms with Gasteiger partial charge in [-0.25, -0.2) is 0 Å². The number of hydrogen-bond donors (Lipinski definition) is 2. The molecule has 5 heteroatoms. The molecule has 124 valence electrons. The van der Waals surface area contributed by atoms with Gasteiger partial charge >= 0.3 is 0 Å². The number of rotatable bonds is 9. The molecule has 0 aromatic heterocycles. The van der Waals surface area contributed by atoms with E-state index in [0.29, 0.717) is 5.41 Å². The molecule has 0 amide bonds. The number of guanidine groups is 1. The Balaban J connectivity index is 0.00000220. The summed E-state index contributed by atoms with van der Waals surface area (Å²) in [5, 5.41) is 6.86. The van der Waals surface area contributed by atoms with E-state index in [9.17, 15) is 0 Å². The Bertz CT molecular complexity index is 309. The Morgan fingerprint density at radius 2 is 2.05 bits per heavy atom. The Hall–Kier alpha value is -0.0400. The first kappa shape index (κ1) is 19.0. The molecular weight excluding hydrogens is 377 g/mol. The zero-order chi connectivity index (χ0) is 14.3. The third-order valence-corrected chi connectivity index (χ3v) is 4.83. The molecule has 0 unspecified atom stereocenters. The Morgan fingerprint density at radius 3 is 2.57 bits per heavy atom. The molecule has 0 bridgehead atoms. The molecule has 0 radical (unpaired) electrons. The summed E-state index contributed by atoms with van der Waals surface area (Å²) >= 11 is 0. The SMILES string of the molecule is CCC1(CNC(=NC)NCCCOCC2CC2)CCC1.I. The standard InChI is InChI=1S/C16H31N3O.HI/c1-3-16(8-4-9-16)13-19-15(17-2)18-10-5-11-20-12-14-6-7-14;/h14H,3-13H2,1-2H3,(H2,17,18,19);1H. The van der Waals surface area contributed by atoms with Crippen LogP contribution in [0.1, 0.15) is 51.9 Å². The third-order valence-electron chi connectivity index (χ3n) is 4.83. The highest BCUT2D eigenvalue weighted by atomic mass is 127. The molecule has 2 aliphatic rings. The predicted molar refractivity (Wildman–Crippen MR) is 99.5 cm³/mol. The summed E-state index contributed by atoms with van der Waals surface area (Å²) in [7, 11) is 1.85. The van der Waals surface area contributed by atoms with Crippen LogP contribution in [-0.2, 0) is 4.74 Å². The molecule has 0 heterocycles. The molecule has 0 saturated heterocycles. The van der Waals surface area contributed by atoms with Crippen LogP contribution >= 0.6 is 24.0 Å². The normalized spacial score (nSPS) is 20.4. The summed E-state index contributed by atoms with van der Waals surface area (Å²) in [6, 6.07) is 0. The maximum absolute atomic E-state index is 5.63. The van der Waals surface area contributed by atoms with Crippen molar-refractivity contribution in [3.8, 4) is 0 Å². The Labute approximate surface area is 146 Å². The minimum absolute atomic E-state index is 0. The van der Waals surface area contributed by atoms with Gasteiger partial charge in [0.1, 0.15) is 0 Å². The first-order chi connectivity index (χ1) is 9.78. The summed E-state index contributed by atoms with van der Waals surface area (Å²) in [5.74, 6) is 1.80. The van der Waals surface area contributed by atoms with Gasteiger partial charge in [-0.1, -0.05) is 13.3 Å². The Kier molecular flexibility index (Phi) is 8.94. The van der Waals surface area contributed by atoms with E-state index in [1.807, 2.05) is 7.05 Å². The van der Waals surface area contributed by atoms with Crippen molar-refractivity contribution in [1.29, 1.82) is 0 Å². The topological polar surface area (TPSA) is 45.7 Å². The van der Waals surface area contributed by atoms with Crippen LogP contribution < -0.4 is 10.6 Å². The number of aliphatic imine (C=N–C) groups is 1. The first-order valence-corrected chi connectivity index (χ1v) is 8.30. The largest absolute Gasteiger partial charge is 0.381 e. The van der Waals surface area contributed by atoms with E-state index in [0.717, 1.165) is 44.6 Å². The van der Waals surface area contributed by atoms with Crippen LogP contribution in [0.3, 0.4) is 0 Å². The van der Waals surface area contributed by atoms with Gasteiger partial charge in [0.25, 0.3) is 0 Å². The summed E-state index contributed by atoms with van der Waals surface area (Å²) in [6.45, 7) is 6.12. The van der Waals surface area contributed by atoms with Crippen LogP contribution in [0.15, 0.2) is 4.99 Å². The smallest absolute Gasteiger partial charge is 0.190 e. The average molecular weight is 409 g/mol. The Morgan fingerprint density at radius 1 is 1.29 bits per heavy atom. The van der Waals surface area contributed by atoms with Crippen LogP contribution in [0.5, 0.6) is 0 Å². The maximum Gasteiger partial charge on any atom is 0.190 e. The molecule has 0 aromatic carbocycles. The van der Waals surface area contributed by atoms with Gasteiger partial charge in [0.15, 0.2) is 5.96 Å². The predicted octanol–water partition coefficient (Wildman–Crippen LogP) is 3.17. The van der Waals surface area contributed by atoms with Gasteiger partial charge in [-0.05, 0) is 49.9 Å². The van der Waals surface area contributed by atoms with E-state index in [1.54, 1.807) is 0 Å².